The maximum Gasteiger partial charge on any atom is 0.231 e. The molecule has 1 aliphatic rings. The third-order valence-corrected chi connectivity index (χ3v) is 2.76. The highest BCUT2D eigenvalue weighted by Crippen LogP contribution is 2.43. The van der Waals surface area contributed by atoms with E-state index >= 15 is 0 Å². The van der Waals surface area contributed by atoms with Crippen molar-refractivity contribution in [1.29, 1.82) is 0 Å². The van der Waals surface area contributed by atoms with Crippen LogP contribution in [-0.2, 0) is 0 Å². The lowest BCUT2D eigenvalue weighted by molar-refractivity contribution is 0.174. The van der Waals surface area contributed by atoms with E-state index < -0.39 is 0 Å². The van der Waals surface area contributed by atoms with Crippen LogP contribution in [0.15, 0.2) is 36.4 Å². The molecule has 0 amide bonds. The van der Waals surface area contributed by atoms with E-state index in [1.54, 1.807) is 12.1 Å². The molecule has 0 fully saturated rings. The van der Waals surface area contributed by atoms with E-state index in [1.165, 1.54) is 0 Å². The van der Waals surface area contributed by atoms with E-state index in [4.69, 9.17) is 20.9 Å². The quantitative estimate of drug-likeness (QED) is 0.734. The first-order chi connectivity index (χ1) is 8.25. The number of benzene rings is 2. The Hall–Kier alpha value is -2.36. The molecule has 0 radical (unpaired) electrons. The van der Waals surface area contributed by atoms with Crippen molar-refractivity contribution < 1.29 is 9.47 Å². The van der Waals surface area contributed by atoms with E-state index in [-0.39, 0.29) is 6.79 Å². The summed E-state index contributed by atoms with van der Waals surface area (Å²) in [6.07, 6.45) is 0. The summed E-state index contributed by atoms with van der Waals surface area (Å²) in [4.78, 5) is 0. The molecule has 1 aliphatic heterocycles. The highest BCUT2D eigenvalue weighted by molar-refractivity contribution is 5.84. The highest BCUT2D eigenvalue weighted by Gasteiger charge is 2.19. The lowest BCUT2D eigenvalue weighted by Crippen LogP contribution is -1.95. The molecule has 0 saturated heterocycles. The van der Waals surface area contributed by atoms with Crippen molar-refractivity contribution in [1.82, 2.24) is 0 Å². The number of para-hydroxylation sites is 1. The molecule has 2 aromatic carbocycles. The monoisotopic (exact) mass is 228 g/mol. The Morgan fingerprint density at radius 1 is 0.941 bits per heavy atom. The zero-order valence-corrected chi connectivity index (χ0v) is 9.14. The predicted molar refractivity (Wildman–Crippen MR) is 66.8 cm³/mol. The molecule has 0 saturated carbocycles. The molecule has 0 atom stereocenters. The van der Waals surface area contributed by atoms with Gasteiger partial charge < -0.3 is 20.9 Å². The second kappa shape index (κ2) is 3.59. The number of ether oxygens (including phenoxy) is 2. The third-order valence-electron chi connectivity index (χ3n) is 2.76. The normalized spacial score (nSPS) is 12.7. The minimum atomic E-state index is 0.245. The third kappa shape index (κ3) is 1.54. The van der Waals surface area contributed by atoms with Crippen LogP contribution < -0.4 is 20.9 Å². The summed E-state index contributed by atoms with van der Waals surface area (Å²) in [5.74, 6) is 1.47. The summed E-state index contributed by atoms with van der Waals surface area (Å²) in [5, 5.41) is 0. The van der Waals surface area contributed by atoms with Crippen LogP contribution in [0.25, 0.3) is 11.1 Å². The molecular weight excluding hydrogens is 216 g/mol. The average Bonchev–Trinajstić information content (AvgIpc) is 2.80. The maximum atomic E-state index is 5.96. The molecule has 0 spiro atoms. The summed E-state index contributed by atoms with van der Waals surface area (Å²) in [7, 11) is 0. The van der Waals surface area contributed by atoms with Crippen LogP contribution in [-0.4, -0.2) is 6.79 Å². The molecule has 3 rings (SSSR count). The molecule has 2 aromatic rings. The molecule has 0 aromatic heterocycles. The van der Waals surface area contributed by atoms with Crippen LogP contribution in [0.2, 0.25) is 0 Å². The number of rotatable bonds is 1. The maximum absolute atomic E-state index is 5.96. The Morgan fingerprint density at radius 2 is 1.82 bits per heavy atom. The van der Waals surface area contributed by atoms with Gasteiger partial charge in [-0.25, -0.2) is 0 Å². The molecule has 17 heavy (non-hydrogen) atoms. The zero-order valence-electron chi connectivity index (χ0n) is 9.14. The topological polar surface area (TPSA) is 70.5 Å². The second-order valence-corrected chi connectivity index (χ2v) is 3.89. The largest absolute Gasteiger partial charge is 0.454 e. The van der Waals surface area contributed by atoms with Gasteiger partial charge in [0.2, 0.25) is 6.79 Å². The van der Waals surface area contributed by atoms with E-state index in [0.717, 1.165) is 22.6 Å². The first-order valence-corrected chi connectivity index (χ1v) is 5.29. The van der Waals surface area contributed by atoms with Gasteiger partial charge in [-0.1, -0.05) is 12.1 Å². The summed E-state index contributed by atoms with van der Waals surface area (Å²) >= 11 is 0. The molecule has 4 N–H and O–H groups in total. The van der Waals surface area contributed by atoms with Gasteiger partial charge in [0.15, 0.2) is 11.5 Å². The fraction of sp³-hybridized carbons (Fsp3) is 0.0769. The van der Waals surface area contributed by atoms with Crippen LogP contribution in [0.1, 0.15) is 0 Å². The summed E-state index contributed by atoms with van der Waals surface area (Å²) in [5.41, 5.74) is 14.9. The van der Waals surface area contributed by atoms with Crippen molar-refractivity contribution >= 4 is 11.4 Å². The molecule has 0 bridgehead atoms. The van der Waals surface area contributed by atoms with Crippen LogP contribution >= 0.6 is 0 Å². The Balaban J connectivity index is 2.22. The lowest BCUT2D eigenvalue weighted by Gasteiger charge is -2.09. The van der Waals surface area contributed by atoms with Gasteiger partial charge in [-0.2, -0.15) is 0 Å². The minimum absolute atomic E-state index is 0.245. The number of hydrogen-bond acceptors (Lipinski definition) is 4. The van der Waals surface area contributed by atoms with Gasteiger partial charge in [0, 0.05) is 22.5 Å². The Labute approximate surface area is 98.8 Å². The molecule has 4 heteroatoms. The van der Waals surface area contributed by atoms with Gasteiger partial charge in [-0.15, -0.1) is 0 Å². The summed E-state index contributed by atoms with van der Waals surface area (Å²) < 4.78 is 10.8. The van der Waals surface area contributed by atoms with E-state index in [1.807, 2.05) is 24.3 Å². The van der Waals surface area contributed by atoms with E-state index in [9.17, 15) is 0 Å². The fourth-order valence-corrected chi connectivity index (χ4v) is 1.95. The van der Waals surface area contributed by atoms with Gasteiger partial charge >= 0.3 is 0 Å². The number of anilines is 2. The summed E-state index contributed by atoms with van der Waals surface area (Å²) in [6, 6.07) is 11.1. The number of nitrogens with two attached hydrogens (primary N) is 2. The second-order valence-electron chi connectivity index (χ2n) is 3.89. The highest BCUT2D eigenvalue weighted by atomic mass is 16.7. The molecule has 86 valence electrons. The van der Waals surface area contributed by atoms with Crippen molar-refractivity contribution in [3.8, 4) is 22.6 Å². The van der Waals surface area contributed by atoms with Crippen molar-refractivity contribution in [3.63, 3.8) is 0 Å². The van der Waals surface area contributed by atoms with Crippen LogP contribution in [0.5, 0.6) is 11.5 Å². The van der Waals surface area contributed by atoms with Gasteiger partial charge in [0.1, 0.15) is 0 Å². The van der Waals surface area contributed by atoms with Crippen molar-refractivity contribution in [2.45, 2.75) is 0 Å². The lowest BCUT2D eigenvalue weighted by atomic mass is 10.0. The molecule has 4 nitrogen and oxygen atoms in total. The van der Waals surface area contributed by atoms with Gasteiger partial charge in [-0.05, 0) is 24.3 Å². The van der Waals surface area contributed by atoms with E-state index in [2.05, 4.69) is 0 Å². The standard InChI is InChI=1S/C13H12N2O2/c14-8-4-5-11(15)10(6-8)9-2-1-3-12-13(9)17-7-16-12/h1-6H,7,14-15H2. The average molecular weight is 228 g/mol. The molecule has 0 unspecified atom stereocenters. The van der Waals surface area contributed by atoms with Crippen molar-refractivity contribution in [2.24, 2.45) is 0 Å². The fourth-order valence-electron chi connectivity index (χ4n) is 1.95. The van der Waals surface area contributed by atoms with Crippen LogP contribution in [0.3, 0.4) is 0 Å². The van der Waals surface area contributed by atoms with Crippen molar-refractivity contribution in [2.75, 3.05) is 18.3 Å². The van der Waals surface area contributed by atoms with E-state index in [0.29, 0.717) is 11.4 Å². The number of nitrogen functional groups attached to an aromatic ring is 2. The van der Waals surface area contributed by atoms with Crippen molar-refractivity contribution in [3.05, 3.63) is 36.4 Å². The first-order valence-electron chi connectivity index (χ1n) is 5.29. The molecule has 1 heterocycles. The minimum Gasteiger partial charge on any atom is -0.454 e. The molecule has 0 aliphatic carbocycles. The SMILES string of the molecule is Nc1ccc(N)c(-c2cccc3c2OCO3)c1. The first kappa shape index (κ1) is 9.84. The predicted octanol–water partition coefficient (Wildman–Crippen LogP) is 2.25. The van der Waals surface area contributed by atoms with Gasteiger partial charge in [0.25, 0.3) is 0 Å². The smallest absolute Gasteiger partial charge is 0.231 e. The Kier molecular flexibility index (Phi) is 2.08. The Morgan fingerprint density at radius 3 is 2.71 bits per heavy atom. The van der Waals surface area contributed by atoms with Crippen LogP contribution in [0.4, 0.5) is 11.4 Å². The Bertz CT molecular complexity index is 582. The van der Waals surface area contributed by atoms with Gasteiger partial charge in [-0.3, -0.25) is 0 Å². The zero-order chi connectivity index (χ0) is 11.8. The molecular formula is C13H12N2O2. The summed E-state index contributed by atoms with van der Waals surface area (Å²) in [6.45, 7) is 0.245. The number of fused-ring (bicyclic) bond motifs is 1. The number of hydrogen-bond donors (Lipinski definition) is 2. The van der Waals surface area contributed by atoms with Gasteiger partial charge in [0.05, 0.1) is 0 Å². The van der Waals surface area contributed by atoms with Crippen LogP contribution in [0, 0.1) is 0 Å².